The van der Waals surface area contributed by atoms with Gasteiger partial charge in [-0.3, -0.25) is 0 Å². The summed E-state index contributed by atoms with van der Waals surface area (Å²) < 4.78 is 41.6. The number of halogens is 4. The van der Waals surface area contributed by atoms with Crippen LogP contribution in [-0.4, -0.2) is 25.1 Å². The summed E-state index contributed by atoms with van der Waals surface area (Å²) in [6, 6.07) is 4.88. The van der Waals surface area contributed by atoms with E-state index in [2.05, 4.69) is 0 Å². The van der Waals surface area contributed by atoms with Crippen molar-refractivity contribution in [2.75, 3.05) is 12.5 Å². The lowest BCUT2D eigenvalue weighted by Gasteiger charge is -2.13. The van der Waals surface area contributed by atoms with Crippen LogP contribution < -0.4 is 4.74 Å². The standard InChI is InChI=1S/C10H10BClF3O2/c12-6-1-7-17-9-4-2-8(3-5-9)10(16)11(13,14)15/h2-5H,1,6-7H2/q-1. The Morgan fingerprint density at radius 3 is 2.29 bits per heavy atom. The maximum atomic E-state index is 12.2. The van der Waals surface area contributed by atoms with Gasteiger partial charge < -0.3 is 22.5 Å². The van der Waals surface area contributed by atoms with E-state index in [9.17, 15) is 17.7 Å². The molecule has 0 bridgehead atoms. The molecule has 0 aliphatic rings. The summed E-state index contributed by atoms with van der Waals surface area (Å²) in [7, 11) is 0. The van der Waals surface area contributed by atoms with Gasteiger partial charge >= 0.3 is 6.98 Å². The summed E-state index contributed by atoms with van der Waals surface area (Å²) in [5, 5.41) is 0. The summed E-state index contributed by atoms with van der Waals surface area (Å²) in [4.78, 5) is 10.9. The van der Waals surface area contributed by atoms with Crippen molar-refractivity contribution >= 4 is 24.3 Å². The van der Waals surface area contributed by atoms with Gasteiger partial charge in [0.25, 0.3) is 0 Å². The van der Waals surface area contributed by atoms with Crippen LogP contribution in [0.25, 0.3) is 0 Å². The highest BCUT2D eigenvalue weighted by Gasteiger charge is 2.33. The predicted molar refractivity (Wildman–Crippen MR) is 60.7 cm³/mol. The average Bonchev–Trinajstić information content (AvgIpc) is 2.28. The van der Waals surface area contributed by atoms with Crippen LogP contribution in [0.2, 0.25) is 0 Å². The molecule has 94 valence electrons. The van der Waals surface area contributed by atoms with Gasteiger partial charge in [0.05, 0.1) is 6.61 Å². The molecule has 17 heavy (non-hydrogen) atoms. The molecule has 0 spiro atoms. The van der Waals surface area contributed by atoms with Gasteiger partial charge in [0, 0.05) is 5.88 Å². The van der Waals surface area contributed by atoms with E-state index in [0.717, 1.165) is 12.1 Å². The highest BCUT2D eigenvalue weighted by molar-refractivity contribution is 6.93. The maximum Gasteiger partial charge on any atom is 0.549 e. The van der Waals surface area contributed by atoms with Crippen molar-refractivity contribution in [1.29, 1.82) is 0 Å². The zero-order valence-corrected chi connectivity index (χ0v) is 9.59. The molecule has 0 saturated heterocycles. The first-order valence-corrected chi connectivity index (χ1v) is 5.51. The molecule has 2 nitrogen and oxygen atoms in total. The third-order valence-corrected chi connectivity index (χ3v) is 2.25. The van der Waals surface area contributed by atoms with E-state index < -0.39 is 12.7 Å². The Labute approximate surface area is 102 Å². The molecule has 0 amide bonds. The number of ether oxygens (including phenoxy) is 1. The topological polar surface area (TPSA) is 26.3 Å². The van der Waals surface area contributed by atoms with E-state index in [1.165, 1.54) is 12.1 Å². The lowest BCUT2D eigenvalue weighted by Crippen LogP contribution is -2.29. The fourth-order valence-electron chi connectivity index (χ4n) is 1.15. The third-order valence-electron chi connectivity index (χ3n) is 1.98. The number of hydrogen-bond acceptors (Lipinski definition) is 2. The molecule has 0 fully saturated rings. The molecule has 0 unspecified atom stereocenters. The molecule has 0 aliphatic carbocycles. The van der Waals surface area contributed by atoms with Gasteiger partial charge in [-0.1, -0.05) is 12.1 Å². The summed E-state index contributed by atoms with van der Waals surface area (Å²) in [6.45, 7) is -5.09. The van der Waals surface area contributed by atoms with E-state index in [1.807, 2.05) is 0 Å². The highest BCUT2D eigenvalue weighted by atomic mass is 35.5. The van der Waals surface area contributed by atoms with Crippen LogP contribution in [0.15, 0.2) is 24.3 Å². The summed E-state index contributed by atoms with van der Waals surface area (Å²) in [5.41, 5.74) is -2.17. The quantitative estimate of drug-likeness (QED) is 0.448. The smallest absolute Gasteiger partial charge is 0.494 e. The molecule has 0 saturated carbocycles. The van der Waals surface area contributed by atoms with Crippen molar-refractivity contribution in [3.05, 3.63) is 29.8 Å². The van der Waals surface area contributed by atoms with Crippen molar-refractivity contribution in [2.45, 2.75) is 6.42 Å². The van der Waals surface area contributed by atoms with Gasteiger partial charge in [-0.05, 0) is 24.1 Å². The Bertz CT molecular complexity index is 378. The van der Waals surface area contributed by atoms with Crippen LogP contribution >= 0.6 is 11.6 Å². The second kappa shape index (κ2) is 5.96. The minimum atomic E-state index is -5.48. The number of carbonyl (C=O) groups is 1. The molecule has 1 aromatic carbocycles. The van der Waals surface area contributed by atoms with E-state index in [-0.39, 0.29) is 5.56 Å². The number of carbonyl (C=O) groups excluding carboxylic acids is 1. The Morgan fingerprint density at radius 2 is 1.82 bits per heavy atom. The largest absolute Gasteiger partial charge is 0.549 e. The normalized spacial score (nSPS) is 11.3. The zero-order valence-electron chi connectivity index (χ0n) is 8.84. The van der Waals surface area contributed by atoms with E-state index in [4.69, 9.17) is 16.3 Å². The van der Waals surface area contributed by atoms with Gasteiger partial charge in [0.1, 0.15) is 11.4 Å². The third kappa shape index (κ3) is 4.30. The number of benzene rings is 1. The van der Waals surface area contributed by atoms with Crippen molar-refractivity contribution in [3.63, 3.8) is 0 Å². The molecule has 0 radical (unpaired) electrons. The fraction of sp³-hybridized carbons (Fsp3) is 0.300. The van der Waals surface area contributed by atoms with Crippen molar-refractivity contribution in [3.8, 4) is 5.75 Å². The van der Waals surface area contributed by atoms with E-state index in [1.54, 1.807) is 0 Å². The van der Waals surface area contributed by atoms with Crippen LogP contribution in [-0.2, 0) is 0 Å². The second-order valence-electron chi connectivity index (χ2n) is 3.35. The minimum Gasteiger partial charge on any atom is -0.494 e. The Hall–Kier alpha value is -1.17. The predicted octanol–water partition coefficient (Wildman–Crippen LogP) is 3.26. The van der Waals surface area contributed by atoms with E-state index in [0.29, 0.717) is 24.7 Å². The zero-order chi connectivity index (χ0) is 12.9. The van der Waals surface area contributed by atoms with Crippen molar-refractivity contribution < 1.29 is 22.5 Å². The van der Waals surface area contributed by atoms with Gasteiger partial charge in [-0.2, -0.15) is 0 Å². The Balaban J connectivity index is 2.65. The van der Waals surface area contributed by atoms with Crippen LogP contribution in [0.4, 0.5) is 12.9 Å². The Kier molecular flexibility index (Phi) is 4.87. The first-order valence-electron chi connectivity index (χ1n) is 4.98. The average molecular weight is 265 g/mol. The number of hydrogen-bond donors (Lipinski definition) is 0. The first-order chi connectivity index (χ1) is 7.95. The van der Waals surface area contributed by atoms with Gasteiger partial charge in [0.15, 0.2) is 0 Å². The SMILES string of the molecule is O=C(c1ccc(OCCCCl)cc1)[B-](F)(F)F. The number of alkyl halides is 1. The monoisotopic (exact) mass is 265 g/mol. The molecule has 0 aliphatic heterocycles. The fourth-order valence-corrected chi connectivity index (χ4v) is 1.26. The second-order valence-corrected chi connectivity index (χ2v) is 3.73. The number of rotatable bonds is 6. The Morgan fingerprint density at radius 1 is 1.24 bits per heavy atom. The molecular formula is C10H10BClF3O2-. The lowest BCUT2D eigenvalue weighted by molar-refractivity contribution is 0.102. The van der Waals surface area contributed by atoms with Gasteiger partial charge in [-0.15, -0.1) is 11.6 Å². The summed E-state index contributed by atoms with van der Waals surface area (Å²) >= 11 is 5.44. The molecule has 0 aromatic heterocycles. The molecule has 0 N–H and O–H groups in total. The molecule has 1 aromatic rings. The maximum absolute atomic E-state index is 12.2. The highest BCUT2D eigenvalue weighted by Crippen LogP contribution is 2.19. The minimum absolute atomic E-state index is 0.373. The van der Waals surface area contributed by atoms with Crippen LogP contribution in [0.1, 0.15) is 16.8 Å². The molecular weight excluding hydrogens is 255 g/mol. The molecule has 7 heteroatoms. The molecule has 0 heterocycles. The lowest BCUT2D eigenvalue weighted by atomic mass is 9.80. The van der Waals surface area contributed by atoms with Crippen molar-refractivity contribution in [1.82, 2.24) is 0 Å². The van der Waals surface area contributed by atoms with Gasteiger partial charge in [0.2, 0.25) is 0 Å². The molecule has 0 atom stereocenters. The molecule has 1 rings (SSSR count). The van der Waals surface area contributed by atoms with Crippen LogP contribution in [0, 0.1) is 0 Å². The first kappa shape index (κ1) is 13.9. The summed E-state index contributed by atoms with van der Waals surface area (Å²) in [5.74, 6) is 0.869. The van der Waals surface area contributed by atoms with Crippen LogP contribution in [0.5, 0.6) is 5.75 Å². The van der Waals surface area contributed by atoms with Crippen LogP contribution in [0.3, 0.4) is 0 Å². The van der Waals surface area contributed by atoms with Crippen molar-refractivity contribution in [2.24, 2.45) is 0 Å². The summed E-state index contributed by atoms with van der Waals surface area (Å²) in [6.07, 6.45) is 0.647. The van der Waals surface area contributed by atoms with Gasteiger partial charge in [-0.25, -0.2) is 0 Å². The van der Waals surface area contributed by atoms with E-state index >= 15 is 0 Å².